The summed E-state index contributed by atoms with van der Waals surface area (Å²) >= 11 is 0. The molecule has 2 rings (SSSR count). The third-order valence-corrected chi connectivity index (χ3v) is 5.26. The molecule has 2 aliphatic rings. The van der Waals surface area contributed by atoms with E-state index in [2.05, 4.69) is 26.0 Å². The molecule has 1 fully saturated rings. The summed E-state index contributed by atoms with van der Waals surface area (Å²) in [5.74, 6) is 1.14. The van der Waals surface area contributed by atoms with Crippen LogP contribution in [0.4, 0.5) is 0 Å². The van der Waals surface area contributed by atoms with Gasteiger partial charge in [-0.05, 0) is 62.7 Å². The molecule has 2 heteroatoms. The molecule has 0 aromatic heterocycles. The Hall–Kier alpha value is -0.790. The first-order chi connectivity index (χ1) is 8.56. The predicted molar refractivity (Wildman–Crippen MR) is 73.3 cm³/mol. The molecule has 1 atom stereocenters. The summed E-state index contributed by atoms with van der Waals surface area (Å²) in [4.78, 5) is 11.8. The fraction of sp³-hybridized carbons (Fsp3) is 0.812. The molecule has 0 amide bonds. The van der Waals surface area contributed by atoms with Crippen LogP contribution < -0.4 is 0 Å². The Morgan fingerprint density at radius 2 is 1.94 bits per heavy atom. The van der Waals surface area contributed by atoms with E-state index in [1.807, 2.05) is 0 Å². The molecular formula is C16H26O2. The first-order valence-corrected chi connectivity index (χ1v) is 7.46. The van der Waals surface area contributed by atoms with Crippen molar-refractivity contribution in [2.75, 3.05) is 0 Å². The third-order valence-electron chi connectivity index (χ3n) is 5.26. The van der Waals surface area contributed by atoms with Crippen molar-refractivity contribution in [2.45, 2.75) is 58.8 Å². The summed E-state index contributed by atoms with van der Waals surface area (Å²) in [5.41, 5.74) is -0.456. The molecule has 1 saturated carbocycles. The van der Waals surface area contributed by atoms with Gasteiger partial charge in [0.1, 0.15) is 0 Å². The van der Waals surface area contributed by atoms with Gasteiger partial charge in [-0.3, -0.25) is 4.79 Å². The minimum atomic E-state index is -0.554. The number of aliphatic carboxylic acids is 1. The second kappa shape index (κ2) is 5.46. The lowest BCUT2D eigenvalue weighted by Crippen LogP contribution is -2.42. The minimum absolute atomic E-state index is 0.275. The van der Waals surface area contributed by atoms with E-state index in [1.165, 1.54) is 0 Å². The van der Waals surface area contributed by atoms with Gasteiger partial charge in [-0.2, -0.15) is 0 Å². The smallest absolute Gasteiger partial charge is 0.310 e. The zero-order valence-electron chi connectivity index (χ0n) is 11.7. The average molecular weight is 250 g/mol. The number of hydrogen-bond acceptors (Lipinski definition) is 1. The predicted octanol–water partition coefficient (Wildman–Crippen LogP) is 4.26. The Balaban J connectivity index is 2.12. The molecule has 0 aliphatic heterocycles. The standard InChI is InChI=1S/C16H26O2/c1-12(2)13-8-10-16(11-9-13,15(17)18)14-6-4-3-5-7-14/h4,6,12-14H,3,5,7-11H2,1-2H3,(H,17,18). The molecule has 2 aliphatic carbocycles. The Morgan fingerprint density at radius 1 is 1.28 bits per heavy atom. The van der Waals surface area contributed by atoms with Gasteiger partial charge in [0, 0.05) is 0 Å². The molecule has 102 valence electrons. The van der Waals surface area contributed by atoms with Crippen molar-refractivity contribution in [3.63, 3.8) is 0 Å². The van der Waals surface area contributed by atoms with Crippen LogP contribution in [0, 0.1) is 23.2 Å². The molecule has 0 heterocycles. The van der Waals surface area contributed by atoms with Crippen molar-refractivity contribution >= 4 is 5.97 Å². The normalized spacial score (nSPS) is 36.8. The van der Waals surface area contributed by atoms with Crippen molar-refractivity contribution < 1.29 is 9.90 Å². The number of rotatable bonds is 3. The lowest BCUT2D eigenvalue weighted by Gasteiger charge is -2.43. The first-order valence-electron chi connectivity index (χ1n) is 7.46. The Bertz CT molecular complexity index is 322. The largest absolute Gasteiger partial charge is 0.481 e. The van der Waals surface area contributed by atoms with E-state index >= 15 is 0 Å². The third kappa shape index (κ3) is 2.48. The highest BCUT2D eigenvalue weighted by Gasteiger charge is 2.47. The molecule has 0 aromatic carbocycles. The van der Waals surface area contributed by atoms with Gasteiger partial charge < -0.3 is 5.11 Å². The van der Waals surface area contributed by atoms with Gasteiger partial charge in [0.25, 0.3) is 0 Å². The fourth-order valence-corrected chi connectivity index (χ4v) is 3.84. The minimum Gasteiger partial charge on any atom is -0.481 e. The fourth-order valence-electron chi connectivity index (χ4n) is 3.84. The Kier molecular flexibility index (Phi) is 4.14. The van der Waals surface area contributed by atoms with E-state index in [9.17, 15) is 9.90 Å². The van der Waals surface area contributed by atoms with Crippen LogP contribution in [0.2, 0.25) is 0 Å². The topological polar surface area (TPSA) is 37.3 Å². The lowest BCUT2D eigenvalue weighted by atomic mass is 9.60. The lowest BCUT2D eigenvalue weighted by molar-refractivity contribution is -0.155. The van der Waals surface area contributed by atoms with Gasteiger partial charge in [0.15, 0.2) is 0 Å². The van der Waals surface area contributed by atoms with E-state index in [4.69, 9.17) is 0 Å². The quantitative estimate of drug-likeness (QED) is 0.760. The summed E-state index contributed by atoms with van der Waals surface area (Å²) < 4.78 is 0. The van der Waals surface area contributed by atoms with Gasteiger partial charge in [-0.15, -0.1) is 0 Å². The molecule has 0 saturated heterocycles. The second-order valence-electron chi connectivity index (χ2n) is 6.51. The van der Waals surface area contributed by atoms with E-state index < -0.39 is 11.4 Å². The number of hydrogen-bond donors (Lipinski definition) is 1. The summed E-state index contributed by atoms with van der Waals surface area (Å²) in [7, 11) is 0. The Morgan fingerprint density at radius 3 is 2.39 bits per heavy atom. The molecule has 18 heavy (non-hydrogen) atoms. The molecular weight excluding hydrogens is 224 g/mol. The maximum atomic E-state index is 11.8. The maximum absolute atomic E-state index is 11.8. The second-order valence-corrected chi connectivity index (χ2v) is 6.51. The zero-order chi connectivity index (χ0) is 13.2. The van der Waals surface area contributed by atoms with Gasteiger partial charge in [-0.25, -0.2) is 0 Å². The van der Waals surface area contributed by atoms with Crippen molar-refractivity contribution in [1.82, 2.24) is 0 Å². The van der Waals surface area contributed by atoms with Crippen molar-refractivity contribution in [3.8, 4) is 0 Å². The van der Waals surface area contributed by atoms with Crippen LogP contribution in [0.1, 0.15) is 58.8 Å². The van der Waals surface area contributed by atoms with Crippen LogP contribution in [0.25, 0.3) is 0 Å². The first kappa shape index (κ1) is 13.6. The summed E-state index contributed by atoms with van der Waals surface area (Å²) in [6.45, 7) is 4.53. The number of carboxylic acid groups (broad SMARTS) is 1. The monoisotopic (exact) mass is 250 g/mol. The highest BCUT2D eigenvalue weighted by Crippen LogP contribution is 2.49. The highest BCUT2D eigenvalue weighted by molar-refractivity contribution is 5.75. The average Bonchev–Trinajstić information content (AvgIpc) is 2.39. The number of carbonyl (C=O) groups is 1. The van der Waals surface area contributed by atoms with Crippen molar-refractivity contribution in [3.05, 3.63) is 12.2 Å². The van der Waals surface area contributed by atoms with Crippen LogP contribution in [-0.2, 0) is 4.79 Å². The van der Waals surface area contributed by atoms with Crippen LogP contribution in [0.15, 0.2) is 12.2 Å². The molecule has 0 spiro atoms. The van der Waals surface area contributed by atoms with Gasteiger partial charge in [-0.1, -0.05) is 26.0 Å². The summed E-state index contributed by atoms with van der Waals surface area (Å²) in [6.07, 6.45) is 11.7. The summed E-state index contributed by atoms with van der Waals surface area (Å²) in [6, 6.07) is 0. The Labute approximate surface area is 110 Å². The molecule has 0 radical (unpaired) electrons. The number of allylic oxidation sites excluding steroid dienone is 2. The van der Waals surface area contributed by atoms with Crippen LogP contribution in [0.5, 0.6) is 0 Å². The number of carboxylic acids is 1. The molecule has 0 bridgehead atoms. The molecule has 1 unspecified atom stereocenters. The molecule has 0 aromatic rings. The van der Waals surface area contributed by atoms with Crippen LogP contribution >= 0.6 is 0 Å². The van der Waals surface area contributed by atoms with Gasteiger partial charge in [0.2, 0.25) is 0 Å². The van der Waals surface area contributed by atoms with Crippen LogP contribution in [0.3, 0.4) is 0 Å². The zero-order valence-corrected chi connectivity index (χ0v) is 11.7. The molecule has 2 nitrogen and oxygen atoms in total. The maximum Gasteiger partial charge on any atom is 0.310 e. The van der Waals surface area contributed by atoms with E-state index in [1.54, 1.807) is 0 Å². The van der Waals surface area contributed by atoms with Gasteiger partial charge >= 0.3 is 5.97 Å². The van der Waals surface area contributed by atoms with E-state index in [-0.39, 0.29) is 5.92 Å². The van der Waals surface area contributed by atoms with Gasteiger partial charge in [0.05, 0.1) is 5.41 Å². The SMILES string of the molecule is CC(C)C1CCC(C(=O)O)(C2C=CCCC2)CC1. The van der Waals surface area contributed by atoms with E-state index in [0.29, 0.717) is 5.92 Å². The summed E-state index contributed by atoms with van der Waals surface area (Å²) in [5, 5.41) is 9.73. The van der Waals surface area contributed by atoms with E-state index in [0.717, 1.165) is 50.9 Å². The van der Waals surface area contributed by atoms with Crippen molar-refractivity contribution in [1.29, 1.82) is 0 Å². The molecule has 1 N–H and O–H groups in total. The van der Waals surface area contributed by atoms with Crippen molar-refractivity contribution in [2.24, 2.45) is 23.2 Å². The highest BCUT2D eigenvalue weighted by atomic mass is 16.4. The van der Waals surface area contributed by atoms with Crippen LogP contribution in [-0.4, -0.2) is 11.1 Å².